The lowest BCUT2D eigenvalue weighted by Gasteiger charge is -2.18. The molecule has 6 heteroatoms. The molecule has 0 rings (SSSR count). The van der Waals surface area contributed by atoms with Crippen LogP contribution < -0.4 is 0 Å². The number of unbranched alkanes of at least 4 members (excludes halogenated alkanes) is 41. The van der Waals surface area contributed by atoms with Gasteiger partial charge in [-0.15, -0.1) is 0 Å². The van der Waals surface area contributed by atoms with Crippen molar-refractivity contribution >= 4 is 17.9 Å². The van der Waals surface area contributed by atoms with Gasteiger partial charge in [-0.05, 0) is 37.0 Å². The number of carbonyl (C=O) groups excluding carboxylic acids is 3. The van der Waals surface area contributed by atoms with Gasteiger partial charge in [-0.1, -0.05) is 330 Å². The van der Waals surface area contributed by atoms with E-state index in [0.29, 0.717) is 19.3 Å². The van der Waals surface area contributed by atoms with Crippen LogP contribution in [0.1, 0.15) is 369 Å². The fourth-order valence-corrected chi connectivity index (χ4v) is 10.2. The maximum Gasteiger partial charge on any atom is 0.306 e. The van der Waals surface area contributed by atoms with Crippen LogP contribution in [0.2, 0.25) is 0 Å². The van der Waals surface area contributed by atoms with Crippen LogP contribution in [0.5, 0.6) is 0 Å². The Labute approximate surface area is 450 Å². The summed E-state index contributed by atoms with van der Waals surface area (Å²) in [5, 5.41) is 0. The summed E-state index contributed by atoms with van der Waals surface area (Å²) in [6, 6.07) is 0. The van der Waals surface area contributed by atoms with E-state index in [9.17, 15) is 14.4 Å². The molecule has 0 aromatic heterocycles. The van der Waals surface area contributed by atoms with Crippen molar-refractivity contribution in [3.05, 3.63) is 0 Å². The fourth-order valence-electron chi connectivity index (χ4n) is 10.2. The summed E-state index contributed by atoms with van der Waals surface area (Å²) in [6.07, 6.45) is 62.4. The normalized spacial score (nSPS) is 12.5. The van der Waals surface area contributed by atoms with Gasteiger partial charge in [0.1, 0.15) is 13.2 Å². The molecule has 1 unspecified atom stereocenters. The molecule has 0 aliphatic heterocycles. The second-order valence-corrected chi connectivity index (χ2v) is 24.0. The summed E-state index contributed by atoms with van der Waals surface area (Å²) < 4.78 is 17.0. The van der Waals surface area contributed by atoms with E-state index in [2.05, 4.69) is 41.5 Å². The predicted octanol–water partition coefficient (Wildman–Crippen LogP) is 21.8. The van der Waals surface area contributed by atoms with Crippen LogP contribution in [0, 0.1) is 17.8 Å². The Balaban J connectivity index is 4.27. The smallest absolute Gasteiger partial charge is 0.306 e. The van der Waals surface area contributed by atoms with E-state index in [1.807, 2.05) is 0 Å². The van der Waals surface area contributed by atoms with Crippen molar-refractivity contribution in [1.29, 1.82) is 0 Å². The van der Waals surface area contributed by atoms with E-state index >= 15 is 0 Å². The standard InChI is InChI=1S/C66H128O6/c1-7-62(6)54-48-42-36-30-24-17-12-10-8-9-11-13-19-27-33-39-45-51-57-66(69)72-63(59-71-65(68)56-50-44-38-32-26-21-20-23-29-35-41-47-53-61(4)5)58-70-64(67)55-49-43-37-31-25-18-15-14-16-22-28-34-40-46-52-60(2)3/h60-63H,7-59H2,1-6H3/t62?,63-/m0/s1. The lowest BCUT2D eigenvalue weighted by Crippen LogP contribution is -2.30. The number of carbonyl (C=O) groups is 3. The summed E-state index contributed by atoms with van der Waals surface area (Å²) in [5.41, 5.74) is 0. The Bertz CT molecular complexity index is 1120. The molecule has 72 heavy (non-hydrogen) atoms. The van der Waals surface area contributed by atoms with Crippen LogP contribution in [0.25, 0.3) is 0 Å². The Morgan fingerprint density at radius 1 is 0.278 bits per heavy atom. The van der Waals surface area contributed by atoms with Crippen LogP contribution >= 0.6 is 0 Å². The van der Waals surface area contributed by atoms with Crippen molar-refractivity contribution < 1.29 is 28.6 Å². The zero-order valence-electron chi connectivity index (χ0n) is 49.7. The second kappa shape index (κ2) is 57.1. The SMILES string of the molecule is CCC(C)CCCCCCCCCCCCCCCCCCCCC(=O)O[C@@H](COC(=O)CCCCCCCCCCCCCCCCC(C)C)COC(=O)CCCCCCCCCCCCCCC(C)C. The molecule has 0 saturated heterocycles. The minimum Gasteiger partial charge on any atom is -0.462 e. The summed E-state index contributed by atoms with van der Waals surface area (Å²) in [6.45, 7) is 13.8. The molecular weight excluding hydrogens is 889 g/mol. The highest BCUT2D eigenvalue weighted by Gasteiger charge is 2.19. The number of hydrogen-bond donors (Lipinski definition) is 0. The molecule has 0 bridgehead atoms. The first-order valence-electron chi connectivity index (χ1n) is 32.6. The molecule has 0 heterocycles. The maximum atomic E-state index is 12.9. The molecule has 0 spiro atoms. The molecule has 0 saturated carbocycles. The van der Waals surface area contributed by atoms with Gasteiger partial charge in [0.15, 0.2) is 6.10 Å². The van der Waals surface area contributed by atoms with E-state index < -0.39 is 6.10 Å². The molecule has 0 aromatic rings. The van der Waals surface area contributed by atoms with Gasteiger partial charge < -0.3 is 14.2 Å². The average Bonchev–Trinajstić information content (AvgIpc) is 3.36. The third-order valence-corrected chi connectivity index (χ3v) is 15.5. The monoisotopic (exact) mass is 1020 g/mol. The zero-order chi connectivity index (χ0) is 52.6. The van der Waals surface area contributed by atoms with Crippen LogP contribution in [0.15, 0.2) is 0 Å². The molecule has 0 amide bonds. The largest absolute Gasteiger partial charge is 0.462 e. The third kappa shape index (κ3) is 57.7. The Kier molecular flexibility index (Phi) is 55.9. The van der Waals surface area contributed by atoms with Gasteiger partial charge in [0.05, 0.1) is 0 Å². The van der Waals surface area contributed by atoms with Gasteiger partial charge >= 0.3 is 17.9 Å². The molecule has 2 atom stereocenters. The number of esters is 3. The summed E-state index contributed by atoms with van der Waals surface area (Å²) in [4.78, 5) is 38.3. The van der Waals surface area contributed by atoms with Gasteiger partial charge in [-0.2, -0.15) is 0 Å². The van der Waals surface area contributed by atoms with Crippen molar-refractivity contribution in [1.82, 2.24) is 0 Å². The molecular formula is C66H128O6. The van der Waals surface area contributed by atoms with Crippen LogP contribution in [0.3, 0.4) is 0 Å². The van der Waals surface area contributed by atoms with Gasteiger partial charge in [0.2, 0.25) is 0 Å². The highest BCUT2D eigenvalue weighted by atomic mass is 16.6. The molecule has 0 fully saturated rings. The molecule has 0 aliphatic rings. The minimum atomic E-state index is -0.765. The first-order valence-corrected chi connectivity index (χ1v) is 32.6. The topological polar surface area (TPSA) is 78.9 Å². The van der Waals surface area contributed by atoms with Crippen molar-refractivity contribution in [3.63, 3.8) is 0 Å². The van der Waals surface area contributed by atoms with Crippen molar-refractivity contribution in [3.8, 4) is 0 Å². The molecule has 0 N–H and O–H groups in total. The van der Waals surface area contributed by atoms with E-state index in [4.69, 9.17) is 14.2 Å². The summed E-state index contributed by atoms with van der Waals surface area (Å²) in [7, 11) is 0. The Morgan fingerprint density at radius 3 is 0.722 bits per heavy atom. The first kappa shape index (κ1) is 70.4. The van der Waals surface area contributed by atoms with Crippen molar-refractivity contribution in [2.45, 2.75) is 375 Å². The highest BCUT2D eigenvalue weighted by Crippen LogP contribution is 2.20. The quantitative estimate of drug-likeness (QED) is 0.0343. The molecule has 428 valence electrons. The number of ether oxygens (including phenoxy) is 3. The van der Waals surface area contributed by atoms with E-state index in [1.165, 1.54) is 250 Å². The zero-order valence-corrected chi connectivity index (χ0v) is 49.7. The Morgan fingerprint density at radius 2 is 0.486 bits per heavy atom. The second-order valence-electron chi connectivity index (χ2n) is 24.0. The lowest BCUT2D eigenvalue weighted by molar-refractivity contribution is -0.167. The van der Waals surface area contributed by atoms with Gasteiger partial charge in [-0.25, -0.2) is 0 Å². The van der Waals surface area contributed by atoms with Gasteiger partial charge in [-0.3, -0.25) is 14.4 Å². The molecule has 6 nitrogen and oxygen atoms in total. The van der Waals surface area contributed by atoms with Crippen molar-refractivity contribution in [2.75, 3.05) is 13.2 Å². The molecule has 0 aliphatic carbocycles. The van der Waals surface area contributed by atoms with Crippen LogP contribution in [0.4, 0.5) is 0 Å². The summed E-state index contributed by atoms with van der Waals surface area (Å²) in [5.74, 6) is 1.75. The fraction of sp³-hybridized carbons (Fsp3) is 0.955. The lowest BCUT2D eigenvalue weighted by atomic mass is 9.99. The van der Waals surface area contributed by atoms with E-state index in [1.54, 1.807) is 0 Å². The highest BCUT2D eigenvalue weighted by molar-refractivity contribution is 5.71. The number of rotatable bonds is 59. The van der Waals surface area contributed by atoms with E-state index in [-0.39, 0.29) is 31.1 Å². The minimum absolute atomic E-state index is 0.0625. The average molecular weight is 1020 g/mol. The third-order valence-electron chi connectivity index (χ3n) is 15.5. The maximum absolute atomic E-state index is 12.9. The van der Waals surface area contributed by atoms with Crippen LogP contribution in [-0.2, 0) is 28.6 Å². The molecule has 0 radical (unpaired) electrons. The van der Waals surface area contributed by atoms with E-state index in [0.717, 1.165) is 75.5 Å². The summed E-state index contributed by atoms with van der Waals surface area (Å²) >= 11 is 0. The van der Waals surface area contributed by atoms with Gasteiger partial charge in [0, 0.05) is 19.3 Å². The Hall–Kier alpha value is -1.59. The predicted molar refractivity (Wildman–Crippen MR) is 312 cm³/mol. The van der Waals surface area contributed by atoms with Crippen molar-refractivity contribution in [2.24, 2.45) is 17.8 Å². The molecule has 0 aromatic carbocycles. The number of hydrogen-bond acceptors (Lipinski definition) is 6. The first-order chi connectivity index (χ1) is 35.1. The van der Waals surface area contributed by atoms with Crippen LogP contribution in [-0.4, -0.2) is 37.2 Å². The van der Waals surface area contributed by atoms with Gasteiger partial charge in [0.25, 0.3) is 0 Å².